The molecule has 3 rings (SSSR count). The number of nitrogens with zero attached hydrogens (tertiary/aromatic N) is 1. The van der Waals surface area contributed by atoms with Crippen molar-refractivity contribution in [1.82, 2.24) is 5.32 Å². The van der Waals surface area contributed by atoms with E-state index >= 15 is 0 Å². The normalized spacial score (nSPS) is 15.2. The Bertz CT molecular complexity index is 1230. The third-order valence-electron chi connectivity index (χ3n) is 5.37. The summed E-state index contributed by atoms with van der Waals surface area (Å²) in [4.78, 5) is 25.7. The van der Waals surface area contributed by atoms with Crippen molar-refractivity contribution in [2.45, 2.75) is 32.8 Å². The van der Waals surface area contributed by atoms with Crippen LogP contribution in [-0.2, 0) is 14.3 Å². The Hall–Kier alpha value is -3.90. The second-order valence-electron chi connectivity index (χ2n) is 8.21. The molecule has 2 aromatic carbocycles. The van der Waals surface area contributed by atoms with Gasteiger partial charge in [-0.2, -0.15) is 5.26 Å². The average molecular weight is 508 g/mol. The number of carbonyl (C=O) groups excluding carboxylic acids is 2. The number of anilines is 1. The molecule has 36 heavy (non-hydrogen) atoms. The first-order chi connectivity index (χ1) is 17.3. The smallest absolute Gasteiger partial charge is 0.316 e. The van der Waals surface area contributed by atoms with E-state index in [9.17, 15) is 14.9 Å². The number of carbonyl (C=O) groups is 2. The van der Waals surface area contributed by atoms with E-state index in [1.807, 2.05) is 18.2 Å². The standard InChI is InChI=1S/C27H29N3O5S/c1-16(2)35-23(31)15-36-27-20(14-28)25(18-11-12-21(33-4)22(13-18)34-5)24(17(3)29-27)26(32)30-19-9-7-6-8-10-19/h6-13,16,25,29H,15H2,1-5H3,(H,30,32)/t25-/m0/s1. The van der Waals surface area contributed by atoms with Crippen LogP contribution in [0.3, 0.4) is 0 Å². The molecular formula is C27H29N3O5S. The lowest BCUT2D eigenvalue weighted by atomic mass is 9.82. The van der Waals surface area contributed by atoms with Gasteiger partial charge >= 0.3 is 5.97 Å². The maximum Gasteiger partial charge on any atom is 0.316 e. The Morgan fingerprint density at radius 1 is 1.11 bits per heavy atom. The van der Waals surface area contributed by atoms with Gasteiger partial charge in [-0.1, -0.05) is 36.0 Å². The van der Waals surface area contributed by atoms with Crippen LogP contribution < -0.4 is 20.1 Å². The first-order valence-corrected chi connectivity index (χ1v) is 12.3. The molecule has 0 unspecified atom stereocenters. The van der Waals surface area contributed by atoms with Gasteiger partial charge in [0, 0.05) is 17.0 Å². The average Bonchev–Trinajstić information content (AvgIpc) is 2.86. The van der Waals surface area contributed by atoms with E-state index in [0.29, 0.717) is 44.6 Å². The summed E-state index contributed by atoms with van der Waals surface area (Å²) in [6.45, 7) is 5.33. The molecule has 0 fully saturated rings. The Labute approximate surface area is 215 Å². The fourth-order valence-electron chi connectivity index (χ4n) is 3.84. The van der Waals surface area contributed by atoms with Gasteiger partial charge in [-0.15, -0.1) is 0 Å². The molecule has 2 N–H and O–H groups in total. The van der Waals surface area contributed by atoms with Crippen LogP contribution in [0.15, 0.2) is 70.4 Å². The fourth-order valence-corrected chi connectivity index (χ4v) is 4.72. The van der Waals surface area contributed by atoms with Crippen LogP contribution in [-0.4, -0.2) is 38.0 Å². The molecule has 0 radical (unpaired) electrons. The predicted molar refractivity (Wildman–Crippen MR) is 140 cm³/mol. The summed E-state index contributed by atoms with van der Waals surface area (Å²) in [6.07, 6.45) is -0.240. The molecule has 1 aliphatic heterocycles. The highest BCUT2D eigenvalue weighted by Crippen LogP contribution is 2.43. The Kier molecular flexibility index (Phi) is 9.03. The third-order valence-corrected chi connectivity index (χ3v) is 6.36. The molecule has 0 saturated heterocycles. The van der Waals surface area contributed by atoms with Crippen molar-refractivity contribution in [3.63, 3.8) is 0 Å². The number of thioether (sulfide) groups is 1. The molecule has 1 aliphatic rings. The minimum Gasteiger partial charge on any atom is -0.493 e. The van der Waals surface area contributed by atoms with Crippen molar-refractivity contribution in [2.24, 2.45) is 0 Å². The zero-order valence-electron chi connectivity index (χ0n) is 20.9. The van der Waals surface area contributed by atoms with Crippen LogP contribution in [0.2, 0.25) is 0 Å². The number of para-hydroxylation sites is 1. The molecule has 0 saturated carbocycles. The largest absolute Gasteiger partial charge is 0.493 e. The number of esters is 1. The number of amides is 1. The van der Waals surface area contributed by atoms with E-state index in [1.165, 1.54) is 26.0 Å². The maximum atomic E-state index is 13.5. The number of methoxy groups -OCH3 is 2. The summed E-state index contributed by atoms with van der Waals surface area (Å²) in [5, 5.41) is 16.8. The van der Waals surface area contributed by atoms with E-state index in [-0.39, 0.29) is 17.8 Å². The second kappa shape index (κ2) is 12.2. The van der Waals surface area contributed by atoms with Crippen LogP contribution >= 0.6 is 11.8 Å². The minimum atomic E-state index is -0.705. The van der Waals surface area contributed by atoms with Crippen molar-refractivity contribution < 1.29 is 23.8 Å². The van der Waals surface area contributed by atoms with Crippen LogP contribution in [0.4, 0.5) is 5.69 Å². The number of hydrogen-bond donors (Lipinski definition) is 2. The Morgan fingerprint density at radius 2 is 1.81 bits per heavy atom. The number of nitrogens with one attached hydrogen (secondary N) is 2. The predicted octanol–water partition coefficient (Wildman–Crippen LogP) is 4.72. The summed E-state index contributed by atoms with van der Waals surface area (Å²) in [7, 11) is 3.06. The number of dihydropyridines is 1. The number of hydrogen-bond acceptors (Lipinski definition) is 8. The van der Waals surface area contributed by atoms with Gasteiger partial charge < -0.3 is 24.8 Å². The maximum absolute atomic E-state index is 13.5. The van der Waals surface area contributed by atoms with Gasteiger partial charge in [0.05, 0.1) is 48.7 Å². The number of benzene rings is 2. The highest BCUT2D eigenvalue weighted by Gasteiger charge is 2.35. The first kappa shape index (κ1) is 26.7. The van der Waals surface area contributed by atoms with Crippen molar-refractivity contribution in [3.05, 3.63) is 76.0 Å². The highest BCUT2D eigenvalue weighted by atomic mass is 32.2. The molecule has 9 heteroatoms. The lowest BCUT2D eigenvalue weighted by Crippen LogP contribution is -2.31. The van der Waals surface area contributed by atoms with Crippen molar-refractivity contribution in [2.75, 3.05) is 25.3 Å². The number of ether oxygens (including phenoxy) is 3. The zero-order chi connectivity index (χ0) is 26.2. The van der Waals surface area contributed by atoms with Crippen molar-refractivity contribution in [1.29, 1.82) is 5.26 Å². The molecular weight excluding hydrogens is 478 g/mol. The lowest BCUT2D eigenvalue weighted by molar-refractivity contribution is -0.144. The summed E-state index contributed by atoms with van der Waals surface area (Å²) < 4.78 is 16.1. The molecule has 0 bridgehead atoms. The Morgan fingerprint density at radius 3 is 2.42 bits per heavy atom. The summed E-state index contributed by atoms with van der Waals surface area (Å²) in [5.41, 5.74) is 2.58. The zero-order valence-corrected chi connectivity index (χ0v) is 21.7. The minimum absolute atomic E-state index is 0.0170. The Balaban J connectivity index is 2.06. The molecule has 0 aliphatic carbocycles. The fraction of sp³-hybridized carbons (Fsp3) is 0.296. The highest BCUT2D eigenvalue weighted by molar-refractivity contribution is 8.03. The molecule has 188 valence electrons. The van der Waals surface area contributed by atoms with Crippen molar-refractivity contribution >= 4 is 29.3 Å². The molecule has 0 spiro atoms. The number of rotatable bonds is 9. The SMILES string of the molecule is COc1ccc([C@H]2C(C#N)=C(SCC(=O)OC(C)C)NC(C)=C2C(=O)Nc2ccccc2)cc1OC. The van der Waals surface area contributed by atoms with E-state index in [0.717, 1.165) is 0 Å². The van der Waals surface area contributed by atoms with Gasteiger partial charge in [0.1, 0.15) is 0 Å². The molecule has 1 amide bonds. The van der Waals surface area contributed by atoms with Gasteiger partial charge in [-0.25, -0.2) is 0 Å². The van der Waals surface area contributed by atoms with Gasteiger partial charge in [0.25, 0.3) is 5.91 Å². The van der Waals surface area contributed by atoms with E-state index in [2.05, 4.69) is 16.7 Å². The second-order valence-corrected chi connectivity index (χ2v) is 9.20. The van der Waals surface area contributed by atoms with Gasteiger partial charge in [-0.3, -0.25) is 9.59 Å². The van der Waals surface area contributed by atoms with Crippen LogP contribution in [0, 0.1) is 11.3 Å². The third kappa shape index (κ3) is 6.20. The summed E-state index contributed by atoms with van der Waals surface area (Å²) in [5.74, 6) is -0.423. The van der Waals surface area contributed by atoms with Crippen LogP contribution in [0.5, 0.6) is 11.5 Å². The van der Waals surface area contributed by atoms with E-state index < -0.39 is 11.9 Å². The number of allylic oxidation sites excluding steroid dienone is 2. The van der Waals surface area contributed by atoms with E-state index in [1.54, 1.807) is 51.1 Å². The first-order valence-electron chi connectivity index (χ1n) is 11.3. The van der Waals surface area contributed by atoms with Gasteiger partial charge in [0.15, 0.2) is 11.5 Å². The quantitative estimate of drug-likeness (QED) is 0.469. The summed E-state index contributed by atoms with van der Waals surface area (Å²) >= 11 is 1.17. The van der Waals surface area contributed by atoms with Crippen LogP contribution in [0.1, 0.15) is 32.3 Å². The molecule has 1 atom stereocenters. The lowest BCUT2D eigenvalue weighted by Gasteiger charge is -2.30. The summed E-state index contributed by atoms with van der Waals surface area (Å²) in [6, 6.07) is 16.6. The molecule has 0 aromatic heterocycles. The van der Waals surface area contributed by atoms with E-state index in [4.69, 9.17) is 14.2 Å². The topological polar surface area (TPSA) is 110 Å². The van der Waals surface area contributed by atoms with Crippen molar-refractivity contribution in [3.8, 4) is 17.6 Å². The number of nitriles is 1. The van der Waals surface area contributed by atoms with Gasteiger partial charge in [-0.05, 0) is 50.6 Å². The molecule has 1 heterocycles. The molecule has 2 aromatic rings. The molecule has 8 nitrogen and oxygen atoms in total. The monoisotopic (exact) mass is 507 g/mol. The van der Waals surface area contributed by atoms with Crippen LogP contribution in [0.25, 0.3) is 0 Å². The van der Waals surface area contributed by atoms with Gasteiger partial charge in [0.2, 0.25) is 0 Å².